The molecule has 0 unspecified atom stereocenters. The summed E-state index contributed by atoms with van der Waals surface area (Å²) in [5.41, 5.74) is 9.63. The zero-order chi connectivity index (χ0) is 26.9. The molecule has 0 bridgehead atoms. The van der Waals surface area contributed by atoms with E-state index >= 15 is 8.78 Å². The monoisotopic (exact) mass is 530 g/mol. The van der Waals surface area contributed by atoms with E-state index in [1.165, 1.54) is 44.0 Å². The number of hydrogen-bond donors (Lipinski definition) is 1. The quantitative estimate of drug-likeness (QED) is 0.361. The Bertz CT molecular complexity index is 1510. The van der Waals surface area contributed by atoms with E-state index in [4.69, 9.17) is 5.73 Å². The molecule has 7 rings (SSSR count). The van der Waals surface area contributed by atoms with Crippen molar-refractivity contribution in [3.8, 4) is 22.3 Å². The number of nitrogen functional groups attached to an aromatic ring is 1. The molecule has 1 saturated heterocycles. The molecule has 4 aliphatic rings. The first-order valence-electron chi connectivity index (χ1n) is 13.4. The van der Waals surface area contributed by atoms with Crippen molar-refractivity contribution in [3.63, 3.8) is 0 Å². The second-order valence-corrected chi connectivity index (χ2v) is 11.4. The standard InChI is InChI=1S/C30H28F2N4O3/c31-25-10-20(9-19-7-8-36(39-16-37)29(38)26(19)25)24-11-23(27(32)34-28(24)33)18-3-5-21(6-4-18)30-12-22(30)14-35(15-30)13-17-1-2-17/h3-6,9-11,16-17,22H,1-2,7-8,12-15H2,(H2,33,34)/t22-,30+/m0/s1. The minimum absolute atomic E-state index is 0.0679. The molecule has 1 aromatic heterocycles. The number of hydroxylamine groups is 2. The van der Waals surface area contributed by atoms with Gasteiger partial charge < -0.3 is 15.5 Å². The molecule has 7 nitrogen and oxygen atoms in total. The lowest BCUT2D eigenvalue weighted by Crippen LogP contribution is -2.38. The van der Waals surface area contributed by atoms with Crippen molar-refractivity contribution in [2.24, 2.45) is 11.8 Å². The van der Waals surface area contributed by atoms with E-state index in [2.05, 4.69) is 26.9 Å². The van der Waals surface area contributed by atoms with Crippen molar-refractivity contribution in [1.82, 2.24) is 14.9 Å². The van der Waals surface area contributed by atoms with Crippen molar-refractivity contribution >= 4 is 18.2 Å². The zero-order valence-electron chi connectivity index (χ0n) is 21.3. The Kier molecular flexibility index (Phi) is 5.49. The van der Waals surface area contributed by atoms with Crippen LogP contribution in [0.3, 0.4) is 0 Å². The highest BCUT2D eigenvalue weighted by Crippen LogP contribution is 2.59. The molecule has 0 spiro atoms. The fraction of sp³-hybridized carbons (Fsp3) is 0.367. The number of halogens is 2. The van der Waals surface area contributed by atoms with Gasteiger partial charge in [0, 0.05) is 36.2 Å². The molecule has 3 fully saturated rings. The third kappa shape index (κ3) is 4.07. The number of piperidine rings is 1. The SMILES string of the molecule is Nc1nc(F)c(-c2ccc([C@]34C[C@H]3CN(CC3CC3)C4)cc2)cc1-c1cc(F)c2c(c1)CCN(OC=O)C2=O. The number of nitrogens with two attached hydrogens (primary N) is 1. The van der Waals surface area contributed by atoms with E-state index in [0.717, 1.165) is 17.5 Å². The average molecular weight is 531 g/mol. The van der Waals surface area contributed by atoms with E-state index in [1.54, 1.807) is 12.1 Å². The maximum atomic E-state index is 15.1. The van der Waals surface area contributed by atoms with Gasteiger partial charge in [0.05, 0.1) is 12.1 Å². The number of rotatable bonds is 7. The maximum Gasteiger partial charge on any atom is 0.320 e. The highest BCUT2D eigenvalue weighted by molar-refractivity contribution is 5.97. The van der Waals surface area contributed by atoms with Crippen LogP contribution in [0, 0.1) is 23.6 Å². The summed E-state index contributed by atoms with van der Waals surface area (Å²) < 4.78 is 30.2. The number of pyridine rings is 1. The van der Waals surface area contributed by atoms with Crippen LogP contribution in [0.2, 0.25) is 0 Å². The molecule has 2 N–H and O–H groups in total. The molecule has 39 heavy (non-hydrogen) atoms. The largest absolute Gasteiger partial charge is 0.383 e. The Morgan fingerprint density at radius 3 is 2.64 bits per heavy atom. The molecule has 1 amide bonds. The van der Waals surface area contributed by atoms with Crippen LogP contribution in [-0.4, -0.2) is 53.5 Å². The van der Waals surface area contributed by atoms with Crippen LogP contribution in [0.4, 0.5) is 14.6 Å². The normalized spacial score (nSPS) is 23.9. The van der Waals surface area contributed by atoms with Crippen molar-refractivity contribution in [3.05, 3.63) is 70.9 Å². The predicted octanol–water partition coefficient (Wildman–Crippen LogP) is 4.35. The summed E-state index contributed by atoms with van der Waals surface area (Å²) in [5, 5.41) is 0.827. The Labute approximate surface area is 224 Å². The highest BCUT2D eigenvalue weighted by atomic mass is 19.1. The van der Waals surface area contributed by atoms with Crippen molar-refractivity contribution in [1.29, 1.82) is 0 Å². The first-order valence-corrected chi connectivity index (χ1v) is 13.4. The number of carbonyl (C=O) groups is 2. The molecule has 2 aliphatic carbocycles. The van der Waals surface area contributed by atoms with Gasteiger partial charge >= 0.3 is 6.47 Å². The van der Waals surface area contributed by atoms with E-state index < -0.39 is 17.7 Å². The number of benzene rings is 2. The summed E-state index contributed by atoms with van der Waals surface area (Å²) in [5.74, 6) is -0.681. The van der Waals surface area contributed by atoms with Gasteiger partial charge in [-0.3, -0.25) is 9.59 Å². The molecule has 3 aromatic rings. The third-order valence-electron chi connectivity index (χ3n) is 8.88. The summed E-state index contributed by atoms with van der Waals surface area (Å²) in [6, 6.07) is 12.5. The lowest BCUT2D eigenvalue weighted by atomic mass is 9.91. The summed E-state index contributed by atoms with van der Waals surface area (Å²) in [4.78, 5) is 34.4. The average Bonchev–Trinajstić information content (AvgIpc) is 3.83. The fourth-order valence-corrected chi connectivity index (χ4v) is 6.61. The summed E-state index contributed by atoms with van der Waals surface area (Å²) in [6.45, 7) is 3.71. The molecule has 0 radical (unpaired) electrons. The highest BCUT2D eigenvalue weighted by Gasteiger charge is 2.60. The number of anilines is 1. The summed E-state index contributed by atoms with van der Waals surface area (Å²) >= 11 is 0. The van der Waals surface area contributed by atoms with Gasteiger partial charge in [-0.25, -0.2) is 9.37 Å². The molecular weight excluding hydrogens is 502 g/mol. The van der Waals surface area contributed by atoms with Gasteiger partial charge in [-0.2, -0.15) is 9.45 Å². The van der Waals surface area contributed by atoms with Crippen LogP contribution in [0.1, 0.15) is 40.7 Å². The molecule has 2 aliphatic heterocycles. The summed E-state index contributed by atoms with van der Waals surface area (Å²) in [7, 11) is 0. The number of hydrogen-bond acceptors (Lipinski definition) is 6. The number of fused-ring (bicyclic) bond motifs is 2. The Morgan fingerprint density at radius 1 is 1.10 bits per heavy atom. The van der Waals surface area contributed by atoms with Gasteiger partial charge in [-0.15, -0.1) is 0 Å². The van der Waals surface area contributed by atoms with Gasteiger partial charge in [0.25, 0.3) is 5.91 Å². The number of amides is 1. The smallest absolute Gasteiger partial charge is 0.320 e. The van der Waals surface area contributed by atoms with E-state index in [0.29, 0.717) is 28.2 Å². The Hall–Kier alpha value is -3.85. The van der Waals surface area contributed by atoms with Gasteiger partial charge in [-0.05, 0) is 78.0 Å². The summed E-state index contributed by atoms with van der Waals surface area (Å²) in [6.07, 6.45) is 4.21. The molecule has 2 saturated carbocycles. The van der Waals surface area contributed by atoms with Gasteiger partial charge in [0.2, 0.25) is 5.95 Å². The Balaban J connectivity index is 1.18. The van der Waals surface area contributed by atoms with Crippen LogP contribution < -0.4 is 5.73 Å². The van der Waals surface area contributed by atoms with Gasteiger partial charge in [0.15, 0.2) is 0 Å². The second kappa shape index (κ2) is 8.84. The van der Waals surface area contributed by atoms with Crippen molar-refractivity contribution in [2.45, 2.75) is 31.1 Å². The van der Waals surface area contributed by atoms with Crippen LogP contribution >= 0.6 is 0 Å². The minimum Gasteiger partial charge on any atom is -0.383 e. The van der Waals surface area contributed by atoms with Crippen LogP contribution in [0.5, 0.6) is 0 Å². The zero-order valence-corrected chi connectivity index (χ0v) is 21.3. The number of likely N-dealkylation sites (tertiary alicyclic amines) is 1. The molecule has 2 atom stereocenters. The predicted molar refractivity (Wildman–Crippen MR) is 140 cm³/mol. The number of nitrogens with zero attached hydrogens (tertiary/aromatic N) is 3. The molecule has 2 aromatic carbocycles. The number of aromatic nitrogens is 1. The topological polar surface area (TPSA) is 88.8 Å². The first-order chi connectivity index (χ1) is 18.9. The van der Waals surface area contributed by atoms with Crippen LogP contribution in [0.15, 0.2) is 42.5 Å². The van der Waals surface area contributed by atoms with E-state index in [9.17, 15) is 9.59 Å². The first kappa shape index (κ1) is 24.2. The fourth-order valence-electron chi connectivity index (χ4n) is 6.61. The van der Waals surface area contributed by atoms with Gasteiger partial charge in [0.1, 0.15) is 11.6 Å². The van der Waals surface area contributed by atoms with Crippen molar-refractivity contribution < 1.29 is 23.2 Å². The lowest BCUT2D eigenvalue weighted by Gasteiger charge is -2.26. The molecular formula is C30H28F2N4O3. The second-order valence-electron chi connectivity index (χ2n) is 11.4. The molecule has 200 valence electrons. The number of carbonyl (C=O) groups excluding carboxylic acids is 2. The van der Waals surface area contributed by atoms with Crippen LogP contribution in [-0.2, 0) is 21.5 Å². The van der Waals surface area contributed by atoms with Crippen molar-refractivity contribution in [2.75, 3.05) is 31.9 Å². The molecule has 3 heterocycles. The maximum absolute atomic E-state index is 15.1. The lowest BCUT2D eigenvalue weighted by molar-refractivity contribution is -0.161. The van der Waals surface area contributed by atoms with Crippen LogP contribution in [0.25, 0.3) is 22.3 Å². The Morgan fingerprint density at radius 2 is 1.90 bits per heavy atom. The van der Waals surface area contributed by atoms with E-state index in [1.807, 2.05) is 12.1 Å². The van der Waals surface area contributed by atoms with Gasteiger partial charge in [-0.1, -0.05) is 24.3 Å². The van der Waals surface area contributed by atoms with E-state index in [-0.39, 0.29) is 41.8 Å². The molecule has 9 heteroatoms. The minimum atomic E-state index is -0.771. The third-order valence-corrected chi connectivity index (χ3v) is 8.88.